The van der Waals surface area contributed by atoms with Gasteiger partial charge in [-0.05, 0) is 32.0 Å². The molecule has 112 valence electrons. The van der Waals surface area contributed by atoms with Crippen molar-refractivity contribution in [3.05, 3.63) is 36.0 Å². The summed E-state index contributed by atoms with van der Waals surface area (Å²) in [5.74, 6) is 1.82. The third-order valence-corrected chi connectivity index (χ3v) is 3.69. The first kappa shape index (κ1) is 14.2. The van der Waals surface area contributed by atoms with Gasteiger partial charge in [0, 0.05) is 25.2 Å². The topological polar surface area (TPSA) is 56.1 Å². The second kappa shape index (κ2) is 6.78. The second-order valence-electron chi connectivity index (χ2n) is 5.28. The lowest BCUT2D eigenvalue weighted by atomic mass is 10.2. The van der Waals surface area contributed by atoms with Crippen molar-refractivity contribution in [1.29, 1.82) is 0 Å². The van der Waals surface area contributed by atoms with E-state index >= 15 is 0 Å². The fourth-order valence-corrected chi connectivity index (χ4v) is 2.56. The molecule has 0 aromatic carbocycles. The zero-order chi connectivity index (χ0) is 14.5. The van der Waals surface area contributed by atoms with E-state index in [2.05, 4.69) is 20.0 Å². The molecule has 2 aromatic rings. The zero-order valence-corrected chi connectivity index (χ0v) is 12.4. The number of ether oxygens (including phenoxy) is 1. The van der Waals surface area contributed by atoms with Crippen LogP contribution < -0.4 is 0 Å². The van der Waals surface area contributed by atoms with Gasteiger partial charge >= 0.3 is 0 Å². The molecular weight excluding hydrogens is 266 g/mol. The van der Waals surface area contributed by atoms with E-state index in [0.29, 0.717) is 0 Å². The fraction of sp³-hybridized carbons (Fsp3) is 0.533. The number of hydrogen-bond donors (Lipinski definition) is 0. The van der Waals surface area contributed by atoms with E-state index in [0.717, 1.165) is 63.0 Å². The van der Waals surface area contributed by atoms with Gasteiger partial charge in [-0.3, -0.25) is 4.90 Å². The van der Waals surface area contributed by atoms with Crippen molar-refractivity contribution in [1.82, 2.24) is 24.6 Å². The highest BCUT2D eigenvalue weighted by Crippen LogP contribution is 2.09. The Hall–Kier alpha value is -1.79. The summed E-state index contributed by atoms with van der Waals surface area (Å²) >= 11 is 0. The van der Waals surface area contributed by atoms with Gasteiger partial charge in [-0.25, -0.2) is 9.97 Å². The molecule has 0 spiro atoms. The Morgan fingerprint density at radius 3 is 2.90 bits per heavy atom. The van der Waals surface area contributed by atoms with Crippen LogP contribution in [-0.2, 0) is 11.2 Å². The molecule has 1 fully saturated rings. The van der Waals surface area contributed by atoms with E-state index in [4.69, 9.17) is 4.74 Å². The maximum absolute atomic E-state index is 5.36. The Bertz CT molecular complexity index is 577. The zero-order valence-electron chi connectivity index (χ0n) is 12.4. The maximum Gasteiger partial charge on any atom is 0.155 e. The molecule has 2 aromatic heterocycles. The van der Waals surface area contributed by atoms with Crippen molar-refractivity contribution in [3.63, 3.8) is 0 Å². The van der Waals surface area contributed by atoms with Crippen LogP contribution >= 0.6 is 0 Å². The molecule has 1 saturated heterocycles. The van der Waals surface area contributed by atoms with Gasteiger partial charge in [0.15, 0.2) is 5.82 Å². The molecule has 0 unspecified atom stereocenters. The number of hydrogen-bond acceptors (Lipinski definition) is 5. The lowest BCUT2D eigenvalue weighted by Crippen LogP contribution is -2.37. The molecule has 0 saturated carbocycles. The van der Waals surface area contributed by atoms with Crippen LogP contribution in [0.2, 0.25) is 0 Å². The molecule has 0 aliphatic carbocycles. The molecule has 6 heteroatoms. The summed E-state index contributed by atoms with van der Waals surface area (Å²) in [4.78, 5) is 11.3. The molecule has 6 nitrogen and oxygen atoms in total. The van der Waals surface area contributed by atoms with Crippen molar-refractivity contribution >= 4 is 0 Å². The standard InChI is InChI=1S/C15H21N5O/c1-13-4-2-5-15(18-13)20-14(16-12-17-20)6-3-7-19-8-10-21-11-9-19/h2,4-5,12H,3,6-11H2,1H3. The summed E-state index contributed by atoms with van der Waals surface area (Å²) in [7, 11) is 0. The van der Waals surface area contributed by atoms with Gasteiger partial charge in [0.05, 0.1) is 13.2 Å². The van der Waals surface area contributed by atoms with Crippen molar-refractivity contribution in [2.75, 3.05) is 32.8 Å². The Morgan fingerprint density at radius 1 is 1.24 bits per heavy atom. The van der Waals surface area contributed by atoms with E-state index in [9.17, 15) is 0 Å². The Balaban J connectivity index is 1.60. The minimum atomic E-state index is 0.842. The molecule has 0 bridgehead atoms. The number of pyridine rings is 1. The van der Waals surface area contributed by atoms with Crippen LogP contribution in [0.15, 0.2) is 24.5 Å². The highest BCUT2D eigenvalue weighted by atomic mass is 16.5. The molecule has 1 aliphatic rings. The maximum atomic E-state index is 5.36. The molecule has 3 heterocycles. The van der Waals surface area contributed by atoms with Crippen LogP contribution in [0.25, 0.3) is 5.82 Å². The summed E-state index contributed by atoms with van der Waals surface area (Å²) in [6, 6.07) is 5.95. The first-order chi connectivity index (χ1) is 10.3. The first-order valence-corrected chi connectivity index (χ1v) is 7.46. The first-order valence-electron chi connectivity index (χ1n) is 7.46. The third kappa shape index (κ3) is 3.65. The number of nitrogens with zero attached hydrogens (tertiary/aromatic N) is 5. The molecule has 1 aliphatic heterocycles. The summed E-state index contributed by atoms with van der Waals surface area (Å²) in [5, 5.41) is 4.30. The smallest absolute Gasteiger partial charge is 0.155 e. The third-order valence-electron chi connectivity index (χ3n) is 3.69. The normalized spacial score (nSPS) is 16.2. The molecule has 0 atom stereocenters. The predicted molar refractivity (Wildman–Crippen MR) is 79.5 cm³/mol. The van der Waals surface area contributed by atoms with Crippen LogP contribution in [0.1, 0.15) is 17.9 Å². The van der Waals surface area contributed by atoms with Gasteiger partial charge in [0.1, 0.15) is 12.2 Å². The Labute approximate surface area is 124 Å². The van der Waals surface area contributed by atoms with Crippen molar-refractivity contribution in [3.8, 4) is 5.82 Å². The van der Waals surface area contributed by atoms with Crippen LogP contribution in [-0.4, -0.2) is 57.5 Å². The van der Waals surface area contributed by atoms with Crippen LogP contribution in [0.4, 0.5) is 0 Å². The highest BCUT2D eigenvalue weighted by molar-refractivity contribution is 5.24. The summed E-state index contributed by atoms with van der Waals surface area (Å²) in [6.45, 7) is 6.83. The Morgan fingerprint density at radius 2 is 2.10 bits per heavy atom. The SMILES string of the molecule is Cc1cccc(-n2ncnc2CCCN2CCOCC2)n1. The van der Waals surface area contributed by atoms with E-state index in [1.165, 1.54) is 0 Å². The molecule has 21 heavy (non-hydrogen) atoms. The monoisotopic (exact) mass is 287 g/mol. The molecular formula is C15H21N5O. The summed E-state index contributed by atoms with van der Waals surface area (Å²) < 4.78 is 7.20. The van der Waals surface area contributed by atoms with Crippen LogP contribution in [0.3, 0.4) is 0 Å². The van der Waals surface area contributed by atoms with E-state index in [1.807, 2.05) is 29.8 Å². The van der Waals surface area contributed by atoms with Gasteiger partial charge in [-0.1, -0.05) is 6.07 Å². The van der Waals surface area contributed by atoms with Crippen LogP contribution in [0.5, 0.6) is 0 Å². The Kier molecular flexibility index (Phi) is 4.57. The molecule has 0 N–H and O–H groups in total. The van der Waals surface area contributed by atoms with Crippen molar-refractivity contribution in [2.24, 2.45) is 0 Å². The van der Waals surface area contributed by atoms with E-state index in [1.54, 1.807) is 6.33 Å². The fourth-order valence-electron chi connectivity index (χ4n) is 2.56. The predicted octanol–water partition coefficient (Wildman–Crippen LogP) is 1.24. The van der Waals surface area contributed by atoms with Gasteiger partial charge < -0.3 is 4.74 Å². The summed E-state index contributed by atoms with van der Waals surface area (Å²) in [6.07, 6.45) is 3.59. The summed E-state index contributed by atoms with van der Waals surface area (Å²) in [5.41, 5.74) is 0.988. The lowest BCUT2D eigenvalue weighted by molar-refractivity contribution is 0.0374. The van der Waals surface area contributed by atoms with Gasteiger partial charge in [0.2, 0.25) is 0 Å². The average molecular weight is 287 g/mol. The molecule has 3 rings (SSSR count). The average Bonchev–Trinajstić information content (AvgIpc) is 2.97. The minimum Gasteiger partial charge on any atom is -0.379 e. The second-order valence-corrected chi connectivity index (χ2v) is 5.28. The van der Waals surface area contributed by atoms with E-state index in [-0.39, 0.29) is 0 Å². The quantitative estimate of drug-likeness (QED) is 0.828. The van der Waals surface area contributed by atoms with Gasteiger partial charge in [-0.2, -0.15) is 9.78 Å². The largest absolute Gasteiger partial charge is 0.379 e. The lowest BCUT2D eigenvalue weighted by Gasteiger charge is -2.26. The minimum absolute atomic E-state index is 0.842. The van der Waals surface area contributed by atoms with Gasteiger partial charge in [-0.15, -0.1) is 0 Å². The highest BCUT2D eigenvalue weighted by Gasteiger charge is 2.12. The van der Waals surface area contributed by atoms with Crippen molar-refractivity contribution < 1.29 is 4.74 Å². The molecule has 0 radical (unpaired) electrons. The van der Waals surface area contributed by atoms with Crippen LogP contribution in [0, 0.1) is 6.92 Å². The number of aryl methyl sites for hydroxylation is 2. The van der Waals surface area contributed by atoms with Gasteiger partial charge in [0.25, 0.3) is 0 Å². The number of aromatic nitrogens is 4. The van der Waals surface area contributed by atoms with E-state index < -0.39 is 0 Å². The molecule has 0 amide bonds. The number of rotatable bonds is 5. The number of morpholine rings is 1. The van der Waals surface area contributed by atoms with Crippen molar-refractivity contribution in [2.45, 2.75) is 19.8 Å².